The van der Waals surface area contributed by atoms with Gasteiger partial charge in [-0.25, -0.2) is 4.79 Å². The van der Waals surface area contributed by atoms with Gasteiger partial charge in [0.05, 0.1) is 5.02 Å². The van der Waals surface area contributed by atoms with Crippen molar-refractivity contribution in [1.29, 1.82) is 0 Å². The van der Waals surface area contributed by atoms with Gasteiger partial charge < -0.3 is 4.42 Å². The Balaban J connectivity index is 3.04. The number of aryl methyl sites for hydroxylation is 2. The maximum Gasteiger partial charge on any atom is 0.348 e. The predicted molar refractivity (Wildman–Crippen MR) is 62.4 cm³/mol. The Kier molecular flexibility index (Phi) is 2.56. The quantitative estimate of drug-likeness (QED) is 0.565. The Morgan fingerprint density at radius 1 is 1.31 bits per heavy atom. The molecule has 0 aliphatic heterocycles. The minimum atomic E-state index is -0.693. The van der Waals surface area contributed by atoms with Gasteiger partial charge >= 0.3 is 5.63 Å². The summed E-state index contributed by atoms with van der Waals surface area (Å²) in [6.07, 6.45) is 0.419. The summed E-state index contributed by atoms with van der Waals surface area (Å²) >= 11 is 5.98. The van der Waals surface area contributed by atoms with Crippen LogP contribution in [0.5, 0.6) is 0 Å². The Hall–Kier alpha value is -1.61. The third-order valence-electron chi connectivity index (χ3n) is 2.68. The summed E-state index contributed by atoms with van der Waals surface area (Å²) in [5.74, 6) is 0. The van der Waals surface area contributed by atoms with Crippen molar-refractivity contribution in [3.05, 3.63) is 44.3 Å². The van der Waals surface area contributed by atoms with Crippen molar-refractivity contribution >= 4 is 28.9 Å². The summed E-state index contributed by atoms with van der Waals surface area (Å²) in [5.41, 5.74) is 1.48. The van der Waals surface area contributed by atoms with Crippen LogP contribution in [0.4, 0.5) is 0 Å². The Morgan fingerprint density at radius 3 is 2.62 bits per heavy atom. The van der Waals surface area contributed by atoms with Crippen LogP contribution in [0.15, 0.2) is 21.3 Å². The molecule has 0 N–H and O–H groups in total. The largest absolute Gasteiger partial charge is 0.422 e. The fourth-order valence-electron chi connectivity index (χ4n) is 1.58. The maximum atomic E-state index is 11.5. The van der Waals surface area contributed by atoms with Gasteiger partial charge in [-0.05, 0) is 31.0 Å². The molecule has 0 amide bonds. The molecule has 0 bridgehead atoms. The summed E-state index contributed by atoms with van der Waals surface area (Å²) in [6.45, 7) is 3.76. The van der Waals surface area contributed by atoms with E-state index in [-0.39, 0.29) is 10.6 Å². The monoisotopic (exact) mass is 236 g/mol. The third-order valence-corrected chi connectivity index (χ3v) is 3.09. The molecular formula is C12H9ClO3. The van der Waals surface area contributed by atoms with E-state index in [0.29, 0.717) is 17.3 Å². The number of hydrogen-bond acceptors (Lipinski definition) is 3. The molecule has 0 spiro atoms. The Labute approximate surface area is 96.6 Å². The number of fused-ring (bicyclic) bond motifs is 1. The number of halogens is 1. The van der Waals surface area contributed by atoms with E-state index in [1.54, 1.807) is 6.07 Å². The van der Waals surface area contributed by atoms with Crippen molar-refractivity contribution in [2.24, 2.45) is 0 Å². The minimum absolute atomic E-state index is 0.127. The van der Waals surface area contributed by atoms with E-state index in [9.17, 15) is 9.59 Å². The lowest BCUT2D eigenvalue weighted by Gasteiger charge is -2.06. The van der Waals surface area contributed by atoms with Crippen LogP contribution in [0.3, 0.4) is 0 Å². The molecule has 0 radical (unpaired) electrons. The van der Waals surface area contributed by atoms with Gasteiger partial charge in [0.2, 0.25) is 0 Å². The van der Waals surface area contributed by atoms with Crippen molar-refractivity contribution in [3.8, 4) is 0 Å². The van der Waals surface area contributed by atoms with Crippen LogP contribution in [0.2, 0.25) is 5.02 Å². The molecule has 0 atom stereocenters. The van der Waals surface area contributed by atoms with Crippen molar-refractivity contribution in [3.63, 3.8) is 0 Å². The van der Waals surface area contributed by atoms with Crippen LogP contribution in [-0.4, -0.2) is 6.29 Å². The summed E-state index contributed by atoms with van der Waals surface area (Å²) in [5, 5.41) is 0.746. The molecule has 3 nitrogen and oxygen atoms in total. The molecule has 2 aromatic rings. The number of carbonyl (C=O) groups is 1. The van der Waals surface area contributed by atoms with Crippen LogP contribution >= 0.6 is 11.6 Å². The summed E-state index contributed by atoms with van der Waals surface area (Å²) in [4.78, 5) is 22.2. The van der Waals surface area contributed by atoms with Crippen molar-refractivity contribution in [2.75, 3.05) is 0 Å². The second-order valence-corrected chi connectivity index (χ2v) is 4.00. The van der Waals surface area contributed by atoms with E-state index in [4.69, 9.17) is 16.0 Å². The zero-order valence-electron chi connectivity index (χ0n) is 8.83. The molecular weight excluding hydrogens is 228 g/mol. The highest BCUT2D eigenvalue weighted by molar-refractivity contribution is 6.37. The van der Waals surface area contributed by atoms with Gasteiger partial charge in [0.15, 0.2) is 6.29 Å². The van der Waals surface area contributed by atoms with Crippen molar-refractivity contribution in [2.45, 2.75) is 13.8 Å². The van der Waals surface area contributed by atoms with Crippen molar-refractivity contribution < 1.29 is 9.21 Å². The smallest absolute Gasteiger partial charge is 0.348 e. The van der Waals surface area contributed by atoms with Gasteiger partial charge in [-0.2, -0.15) is 0 Å². The number of benzene rings is 1. The SMILES string of the molecule is Cc1ccc2c(Cl)c(C=O)c(=O)oc2c1C. The summed E-state index contributed by atoms with van der Waals surface area (Å²) < 4.78 is 5.10. The second kappa shape index (κ2) is 3.76. The fourth-order valence-corrected chi connectivity index (χ4v) is 1.85. The highest BCUT2D eigenvalue weighted by Crippen LogP contribution is 2.27. The number of aldehydes is 1. The maximum absolute atomic E-state index is 11.5. The fraction of sp³-hybridized carbons (Fsp3) is 0.167. The van der Waals surface area contributed by atoms with Crippen LogP contribution < -0.4 is 5.63 Å². The lowest BCUT2D eigenvalue weighted by molar-refractivity contribution is 0.112. The topological polar surface area (TPSA) is 47.3 Å². The molecule has 0 aliphatic carbocycles. The van der Waals surface area contributed by atoms with Gasteiger partial charge in [-0.3, -0.25) is 4.79 Å². The molecule has 2 rings (SSSR count). The highest BCUT2D eigenvalue weighted by Gasteiger charge is 2.14. The molecule has 82 valence electrons. The molecule has 0 unspecified atom stereocenters. The first kappa shape index (κ1) is 10.9. The molecule has 16 heavy (non-hydrogen) atoms. The average molecular weight is 237 g/mol. The van der Waals surface area contributed by atoms with Crippen LogP contribution in [0.25, 0.3) is 11.0 Å². The first-order chi connectivity index (χ1) is 7.56. The normalized spacial score (nSPS) is 10.7. The standard InChI is InChI=1S/C12H9ClO3/c1-6-3-4-8-10(13)9(5-14)12(15)16-11(8)7(6)2/h3-5H,1-2H3. The second-order valence-electron chi connectivity index (χ2n) is 3.62. The molecule has 4 heteroatoms. The van der Waals surface area contributed by atoms with Gasteiger partial charge in [0.25, 0.3) is 0 Å². The highest BCUT2D eigenvalue weighted by atomic mass is 35.5. The molecule has 0 saturated heterocycles. The molecule has 0 aliphatic rings. The zero-order chi connectivity index (χ0) is 11.9. The van der Waals surface area contributed by atoms with E-state index in [2.05, 4.69) is 0 Å². The average Bonchev–Trinajstić information content (AvgIpc) is 2.25. The number of hydrogen-bond donors (Lipinski definition) is 0. The van der Waals surface area contributed by atoms with E-state index in [1.165, 1.54) is 0 Å². The van der Waals surface area contributed by atoms with Crippen LogP contribution in [0, 0.1) is 13.8 Å². The zero-order valence-corrected chi connectivity index (χ0v) is 9.59. The first-order valence-electron chi connectivity index (χ1n) is 4.74. The number of carbonyl (C=O) groups excluding carboxylic acids is 1. The summed E-state index contributed by atoms with van der Waals surface area (Å²) in [6, 6.07) is 3.62. The van der Waals surface area contributed by atoms with E-state index >= 15 is 0 Å². The lowest BCUT2D eigenvalue weighted by atomic mass is 10.1. The van der Waals surface area contributed by atoms with Crippen LogP contribution in [0.1, 0.15) is 21.5 Å². The third kappa shape index (κ3) is 1.44. The lowest BCUT2D eigenvalue weighted by Crippen LogP contribution is -2.07. The minimum Gasteiger partial charge on any atom is -0.422 e. The van der Waals surface area contributed by atoms with Gasteiger partial charge in [0.1, 0.15) is 11.1 Å². The molecule has 1 aromatic carbocycles. The van der Waals surface area contributed by atoms with Crippen LogP contribution in [-0.2, 0) is 0 Å². The molecule has 0 saturated carbocycles. The van der Waals surface area contributed by atoms with Gasteiger partial charge in [0, 0.05) is 5.39 Å². The number of rotatable bonds is 1. The molecule has 1 heterocycles. The Bertz CT molecular complexity index is 641. The Morgan fingerprint density at radius 2 is 2.00 bits per heavy atom. The van der Waals surface area contributed by atoms with E-state index in [0.717, 1.165) is 11.1 Å². The van der Waals surface area contributed by atoms with E-state index in [1.807, 2.05) is 19.9 Å². The van der Waals surface area contributed by atoms with Gasteiger partial charge in [-0.1, -0.05) is 17.7 Å². The predicted octanol–water partition coefficient (Wildman–Crippen LogP) is 2.88. The van der Waals surface area contributed by atoms with Gasteiger partial charge in [-0.15, -0.1) is 0 Å². The summed E-state index contributed by atoms with van der Waals surface area (Å²) in [7, 11) is 0. The molecule has 1 aromatic heterocycles. The first-order valence-corrected chi connectivity index (χ1v) is 5.11. The van der Waals surface area contributed by atoms with E-state index < -0.39 is 5.63 Å². The molecule has 0 fully saturated rings. The van der Waals surface area contributed by atoms with Crippen molar-refractivity contribution in [1.82, 2.24) is 0 Å².